The zero-order chi connectivity index (χ0) is 14.8. The molecule has 4 aliphatic carbocycles. The molecule has 4 aliphatic rings. The molecule has 4 bridgehead atoms. The van der Waals surface area contributed by atoms with Crippen LogP contribution in [0.5, 0.6) is 0 Å². The van der Waals surface area contributed by atoms with Crippen LogP contribution >= 0.6 is 101 Å². The van der Waals surface area contributed by atoms with Crippen molar-refractivity contribution < 1.29 is 0 Å². The third-order valence-electron chi connectivity index (χ3n) is 5.64. The Morgan fingerprint density at radius 3 is 1.50 bits per heavy atom. The lowest BCUT2D eigenvalue weighted by Crippen LogP contribution is -2.46. The van der Waals surface area contributed by atoms with Crippen LogP contribution < -0.4 is 0 Å². The summed E-state index contributed by atoms with van der Waals surface area (Å²) in [7, 11) is 0. The first-order valence-electron chi connectivity index (χ1n) is 6.21. The van der Waals surface area contributed by atoms with E-state index in [2.05, 4.69) is 31.9 Å². The summed E-state index contributed by atoms with van der Waals surface area (Å²) in [6, 6.07) is 0. The minimum Gasteiger partial charge on any atom is -0.109 e. The Morgan fingerprint density at radius 1 is 0.800 bits per heavy atom. The molecule has 0 spiro atoms. The molecule has 0 aromatic heterocycles. The number of fused-ring (bicyclic) bond motifs is 9. The zero-order valence-corrected chi connectivity index (χ0v) is 17.4. The first-order chi connectivity index (χ1) is 9.11. The van der Waals surface area contributed by atoms with Gasteiger partial charge in [-0.1, -0.05) is 78.3 Å². The van der Waals surface area contributed by atoms with Crippen LogP contribution in [0.15, 0.2) is 10.1 Å². The maximum absolute atomic E-state index is 6.87. The van der Waals surface area contributed by atoms with Crippen molar-refractivity contribution in [3.05, 3.63) is 10.1 Å². The van der Waals surface area contributed by atoms with Crippen LogP contribution in [0.1, 0.15) is 6.42 Å². The topological polar surface area (TPSA) is 0 Å². The molecule has 20 heavy (non-hydrogen) atoms. The lowest BCUT2D eigenvalue weighted by Gasteiger charge is -2.43. The number of hydrogen-bond donors (Lipinski definition) is 0. The van der Waals surface area contributed by atoms with Crippen LogP contribution in [0.4, 0.5) is 0 Å². The van der Waals surface area contributed by atoms with Crippen molar-refractivity contribution >= 4 is 101 Å². The van der Waals surface area contributed by atoms with Crippen molar-refractivity contribution in [3.63, 3.8) is 0 Å². The van der Waals surface area contributed by atoms with Crippen molar-refractivity contribution in [1.29, 1.82) is 0 Å². The molecule has 3 saturated carbocycles. The highest BCUT2D eigenvalue weighted by molar-refractivity contribution is 9.12. The van der Waals surface area contributed by atoms with E-state index in [1.807, 2.05) is 0 Å². The minimum absolute atomic E-state index is 0.0369. The molecule has 0 saturated heterocycles. The number of alkyl halides is 6. The van der Waals surface area contributed by atoms with E-state index in [0.29, 0.717) is 31.6 Å². The summed E-state index contributed by atoms with van der Waals surface area (Å²) in [6.07, 6.45) is 1.03. The summed E-state index contributed by atoms with van der Waals surface area (Å²) in [5.41, 5.74) is 0. The van der Waals surface area contributed by atoms with Crippen LogP contribution in [0, 0.1) is 23.7 Å². The van der Waals surface area contributed by atoms with E-state index in [9.17, 15) is 0 Å². The van der Waals surface area contributed by atoms with Gasteiger partial charge in [0.15, 0.2) is 4.33 Å². The summed E-state index contributed by atoms with van der Waals surface area (Å²) in [5.74, 6) is 0.746. The summed E-state index contributed by atoms with van der Waals surface area (Å²) >= 11 is 47.3. The molecule has 0 aromatic rings. The number of halogens is 8. The largest absolute Gasteiger partial charge is 0.166 e. The Hall–Kier alpha value is 2.44. The van der Waals surface area contributed by atoms with Crippen molar-refractivity contribution in [1.82, 2.24) is 0 Å². The second-order valence-corrected chi connectivity index (χ2v) is 11.5. The standard InChI is InChI=1S/C12H8Br2Cl6/c13-6-2-1-3(7(6)14)5-4(2)10(17)8(15)9(16)11(5,18)12(10,19)20/h2-7H,1H2/t2-,3-,4-,5+,6+,7-,10+,11+/m1/s1. The zero-order valence-electron chi connectivity index (χ0n) is 9.69. The summed E-state index contributed by atoms with van der Waals surface area (Å²) in [4.78, 5) is -1.56. The van der Waals surface area contributed by atoms with E-state index in [-0.39, 0.29) is 11.8 Å². The van der Waals surface area contributed by atoms with Gasteiger partial charge in [-0.25, -0.2) is 0 Å². The minimum atomic E-state index is -1.40. The van der Waals surface area contributed by atoms with Crippen molar-refractivity contribution in [2.45, 2.75) is 30.2 Å². The molecule has 8 atom stereocenters. The van der Waals surface area contributed by atoms with Crippen molar-refractivity contribution in [2.24, 2.45) is 23.7 Å². The summed E-state index contributed by atoms with van der Waals surface area (Å²) in [6.45, 7) is 0. The Bertz CT molecular complexity index is 506. The molecular formula is C12H8Br2Cl6. The van der Waals surface area contributed by atoms with E-state index in [1.54, 1.807) is 0 Å². The highest BCUT2D eigenvalue weighted by Gasteiger charge is 2.87. The van der Waals surface area contributed by atoms with Gasteiger partial charge in [0.25, 0.3) is 0 Å². The lowest BCUT2D eigenvalue weighted by molar-refractivity contribution is 0.233. The third kappa shape index (κ3) is 1.32. The monoisotopic (exact) mass is 520 g/mol. The Balaban J connectivity index is 1.98. The molecule has 0 nitrogen and oxygen atoms in total. The molecule has 8 heteroatoms. The van der Waals surface area contributed by atoms with Gasteiger partial charge in [-0.05, 0) is 30.1 Å². The number of rotatable bonds is 0. The van der Waals surface area contributed by atoms with Crippen LogP contribution in [-0.2, 0) is 0 Å². The number of allylic oxidation sites excluding steroid dienone is 2. The van der Waals surface area contributed by atoms with Gasteiger partial charge in [0.05, 0.1) is 10.1 Å². The summed E-state index contributed by atoms with van der Waals surface area (Å²) < 4.78 is -1.40. The first-order valence-corrected chi connectivity index (χ1v) is 10.3. The van der Waals surface area contributed by atoms with Gasteiger partial charge >= 0.3 is 0 Å². The highest BCUT2D eigenvalue weighted by atomic mass is 79.9. The Labute approximate surface area is 164 Å². The molecule has 0 amide bonds. The molecule has 4 rings (SSSR count). The Kier molecular flexibility index (Phi) is 3.46. The normalized spacial score (nSPS) is 62.4. The van der Waals surface area contributed by atoms with Gasteiger partial charge in [0.1, 0.15) is 9.75 Å². The number of hydrogen-bond acceptors (Lipinski definition) is 0. The molecule has 0 aromatic carbocycles. The van der Waals surface area contributed by atoms with E-state index in [0.717, 1.165) is 6.42 Å². The van der Waals surface area contributed by atoms with Gasteiger partial charge in [0, 0.05) is 9.65 Å². The predicted molar refractivity (Wildman–Crippen MR) is 94.3 cm³/mol. The lowest BCUT2D eigenvalue weighted by atomic mass is 9.72. The third-order valence-corrected chi connectivity index (χ3v) is 13.1. The second kappa shape index (κ2) is 4.34. The molecule has 112 valence electrons. The predicted octanol–water partition coefficient (Wildman–Crippen LogP) is 6.24. The first kappa shape index (κ1) is 15.9. The van der Waals surface area contributed by atoms with Crippen molar-refractivity contribution in [3.8, 4) is 0 Å². The quantitative estimate of drug-likeness (QED) is 0.260. The average molecular weight is 525 g/mol. The average Bonchev–Trinajstić information content (AvgIpc) is 2.97. The molecule has 0 heterocycles. The fourth-order valence-corrected chi connectivity index (χ4v) is 9.93. The molecule has 0 N–H and O–H groups in total. The van der Waals surface area contributed by atoms with Crippen LogP contribution in [0.25, 0.3) is 0 Å². The van der Waals surface area contributed by atoms with Gasteiger partial charge in [-0.2, -0.15) is 0 Å². The van der Waals surface area contributed by atoms with E-state index >= 15 is 0 Å². The van der Waals surface area contributed by atoms with E-state index in [1.165, 1.54) is 0 Å². The highest BCUT2D eigenvalue weighted by Crippen LogP contribution is 2.83. The van der Waals surface area contributed by atoms with E-state index < -0.39 is 14.1 Å². The smallest absolute Gasteiger partial charge is 0.109 e. The van der Waals surface area contributed by atoms with Gasteiger partial charge in [-0.15, -0.1) is 23.2 Å². The summed E-state index contributed by atoms with van der Waals surface area (Å²) in [5, 5.41) is 0.640. The fourth-order valence-electron chi connectivity index (χ4n) is 4.92. The molecule has 0 aliphatic heterocycles. The Morgan fingerprint density at radius 2 is 1.15 bits per heavy atom. The van der Waals surface area contributed by atoms with E-state index in [4.69, 9.17) is 69.6 Å². The molecular weight excluding hydrogens is 517 g/mol. The SMILES string of the molecule is ClC1=C(Cl)[C@@]2(Cl)[C@H]3[C@H]4C[C@@H]([C@H](Br)[C@@H]4Br)[C@H]3[C@@]1(Cl)C2(Cl)Cl. The fraction of sp³-hybridized carbons (Fsp3) is 0.833. The van der Waals surface area contributed by atoms with Gasteiger partial charge in [-0.3, -0.25) is 0 Å². The molecule has 3 fully saturated rings. The maximum atomic E-state index is 6.87. The van der Waals surface area contributed by atoms with Crippen LogP contribution in [0.3, 0.4) is 0 Å². The second-order valence-electron chi connectivity index (χ2n) is 6.13. The van der Waals surface area contributed by atoms with Crippen molar-refractivity contribution in [2.75, 3.05) is 0 Å². The maximum Gasteiger partial charge on any atom is 0.166 e. The van der Waals surface area contributed by atoms with Crippen LogP contribution in [-0.4, -0.2) is 23.7 Å². The van der Waals surface area contributed by atoms with Gasteiger partial charge < -0.3 is 0 Å². The van der Waals surface area contributed by atoms with Gasteiger partial charge in [0.2, 0.25) is 0 Å². The molecule has 0 unspecified atom stereocenters. The molecule has 0 radical (unpaired) electrons. The van der Waals surface area contributed by atoms with Crippen LogP contribution in [0.2, 0.25) is 0 Å².